The molecule has 0 unspecified atom stereocenters. The van der Waals surface area contributed by atoms with Gasteiger partial charge >= 0.3 is 0 Å². The zero-order valence-electron chi connectivity index (χ0n) is 25.4. The number of carbonyl (C=O) groups is 2. The molecule has 1 saturated carbocycles. The van der Waals surface area contributed by atoms with E-state index in [-0.39, 0.29) is 45.5 Å². The molecule has 0 bridgehead atoms. The quantitative estimate of drug-likeness (QED) is 0.171. The summed E-state index contributed by atoms with van der Waals surface area (Å²) < 4.78 is 29.3. The molecule has 0 spiro atoms. The maximum absolute atomic E-state index is 14.6. The van der Waals surface area contributed by atoms with Crippen LogP contribution in [0.2, 0.25) is 10.0 Å². The van der Waals surface area contributed by atoms with E-state index in [1.54, 1.807) is 18.2 Å². The largest absolute Gasteiger partial charge is 0.352 e. The maximum Gasteiger partial charge on any atom is 0.264 e. The average Bonchev–Trinajstić information content (AvgIpc) is 3.06. The molecule has 10 heteroatoms. The van der Waals surface area contributed by atoms with Crippen molar-refractivity contribution < 1.29 is 18.0 Å². The van der Waals surface area contributed by atoms with Crippen LogP contribution >= 0.6 is 23.2 Å². The molecule has 46 heavy (non-hydrogen) atoms. The maximum atomic E-state index is 14.6. The standard InChI is InChI=1S/C36H37Cl2N3O4S/c37-29-22-30(38)24-32(23-29)41(46(44,45)33-19-11-4-12-20-33)26-35(42)40(25-28-15-7-2-8-16-28)34(21-27-13-5-1-6-14-27)36(43)39-31-17-9-3-10-18-31/h1-2,4-8,11-16,19-20,22-24,31,34H,3,9-10,17-18,21,25-26H2,(H,39,43)/t34-/m0/s1. The molecular weight excluding hydrogens is 641 g/mol. The smallest absolute Gasteiger partial charge is 0.264 e. The van der Waals surface area contributed by atoms with Crippen LogP contribution < -0.4 is 9.62 Å². The summed E-state index contributed by atoms with van der Waals surface area (Å²) in [6.07, 6.45) is 5.24. The van der Waals surface area contributed by atoms with Crippen LogP contribution in [0.3, 0.4) is 0 Å². The minimum absolute atomic E-state index is 0.00406. The molecule has 1 aliphatic rings. The molecule has 4 aromatic rings. The normalized spacial score (nSPS) is 14.3. The summed E-state index contributed by atoms with van der Waals surface area (Å²) in [5.41, 5.74) is 1.83. The van der Waals surface area contributed by atoms with Gasteiger partial charge in [-0.2, -0.15) is 0 Å². The molecule has 1 fully saturated rings. The summed E-state index contributed by atoms with van der Waals surface area (Å²) in [6.45, 7) is -0.479. The summed E-state index contributed by atoms with van der Waals surface area (Å²) in [4.78, 5) is 30.2. The lowest BCUT2D eigenvalue weighted by Crippen LogP contribution is -2.55. The molecule has 7 nitrogen and oxygen atoms in total. The van der Waals surface area contributed by atoms with E-state index in [0.717, 1.165) is 47.5 Å². The van der Waals surface area contributed by atoms with Crippen molar-refractivity contribution in [1.29, 1.82) is 0 Å². The van der Waals surface area contributed by atoms with Gasteiger partial charge in [-0.3, -0.25) is 13.9 Å². The van der Waals surface area contributed by atoms with Crippen LogP contribution in [0, 0.1) is 0 Å². The molecule has 0 saturated heterocycles. The van der Waals surface area contributed by atoms with Gasteiger partial charge in [-0.05, 0) is 54.3 Å². The van der Waals surface area contributed by atoms with Crippen LogP contribution in [0.15, 0.2) is 114 Å². The first-order chi connectivity index (χ1) is 22.2. The Labute approximate surface area is 281 Å². The summed E-state index contributed by atoms with van der Waals surface area (Å²) in [6, 6.07) is 30.3. The second kappa shape index (κ2) is 15.6. The number of sulfonamides is 1. The van der Waals surface area contributed by atoms with Crippen LogP contribution in [0.25, 0.3) is 0 Å². The van der Waals surface area contributed by atoms with E-state index in [4.69, 9.17) is 23.2 Å². The second-order valence-corrected chi connectivity index (χ2v) is 14.2. The molecule has 4 aromatic carbocycles. The number of anilines is 1. The highest BCUT2D eigenvalue weighted by Gasteiger charge is 2.35. The summed E-state index contributed by atoms with van der Waals surface area (Å²) in [5.74, 6) is -0.803. The Morgan fingerprint density at radius 1 is 0.761 bits per heavy atom. The van der Waals surface area contributed by atoms with Crippen molar-refractivity contribution in [2.45, 2.75) is 62.0 Å². The van der Waals surface area contributed by atoms with E-state index in [0.29, 0.717) is 0 Å². The summed E-state index contributed by atoms with van der Waals surface area (Å²) in [7, 11) is -4.25. The number of hydrogen-bond donors (Lipinski definition) is 1. The molecule has 0 aromatic heterocycles. The Kier molecular flexibility index (Phi) is 11.4. The first kappa shape index (κ1) is 33.5. The zero-order valence-corrected chi connectivity index (χ0v) is 27.7. The Hall–Kier alpha value is -3.85. The fourth-order valence-corrected chi connectivity index (χ4v) is 7.74. The number of benzene rings is 4. The van der Waals surface area contributed by atoms with Gasteiger partial charge in [0.15, 0.2) is 0 Å². The number of halogens is 2. The van der Waals surface area contributed by atoms with Crippen LogP contribution in [0.4, 0.5) is 5.69 Å². The molecule has 0 heterocycles. The Morgan fingerprint density at radius 2 is 1.30 bits per heavy atom. The lowest BCUT2D eigenvalue weighted by molar-refractivity contribution is -0.140. The number of carbonyl (C=O) groups excluding carboxylic acids is 2. The molecule has 2 amide bonds. The minimum Gasteiger partial charge on any atom is -0.352 e. The van der Waals surface area contributed by atoms with E-state index < -0.39 is 28.5 Å². The van der Waals surface area contributed by atoms with Gasteiger partial charge in [-0.25, -0.2) is 8.42 Å². The van der Waals surface area contributed by atoms with E-state index >= 15 is 0 Å². The fourth-order valence-electron chi connectivity index (χ4n) is 5.81. The van der Waals surface area contributed by atoms with Crippen molar-refractivity contribution in [1.82, 2.24) is 10.2 Å². The highest BCUT2D eigenvalue weighted by Crippen LogP contribution is 2.30. The van der Waals surface area contributed by atoms with Crippen molar-refractivity contribution in [3.05, 3.63) is 130 Å². The van der Waals surface area contributed by atoms with Gasteiger partial charge in [0.05, 0.1) is 10.6 Å². The van der Waals surface area contributed by atoms with Gasteiger partial charge < -0.3 is 10.2 Å². The monoisotopic (exact) mass is 677 g/mol. The van der Waals surface area contributed by atoms with E-state index in [1.165, 1.54) is 35.2 Å². The van der Waals surface area contributed by atoms with Crippen molar-refractivity contribution in [3.8, 4) is 0 Å². The lowest BCUT2D eigenvalue weighted by atomic mass is 9.94. The average molecular weight is 679 g/mol. The first-order valence-corrected chi connectivity index (χ1v) is 17.6. The number of amides is 2. The predicted octanol–water partition coefficient (Wildman–Crippen LogP) is 7.28. The van der Waals surface area contributed by atoms with Crippen molar-refractivity contribution in [3.63, 3.8) is 0 Å². The molecule has 0 aliphatic heterocycles. The molecule has 1 atom stereocenters. The highest BCUT2D eigenvalue weighted by molar-refractivity contribution is 7.92. The van der Waals surface area contributed by atoms with Crippen LogP contribution in [0.5, 0.6) is 0 Å². The molecule has 240 valence electrons. The summed E-state index contributed by atoms with van der Waals surface area (Å²) >= 11 is 12.6. The van der Waals surface area contributed by atoms with Crippen LogP contribution in [-0.2, 0) is 32.6 Å². The van der Waals surface area contributed by atoms with Crippen molar-refractivity contribution in [2.75, 3.05) is 10.8 Å². The summed E-state index contributed by atoms with van der Waals surface area (Å²) in [5, 5.41) is 3.66. The third-order valence-electron chi connectivity index (χ3n) is 8.16. The molecule has 0 radical (unpaired) electrons. The highest BCUT2D eigenvalue weighted by atomic mass is 35.5. The van der Waals surface area contributed by atoms with Crippen LogP contribution in [0.1, 0.15) is 43.2 Å². The third-order valence-corrected chi connectivity index (χ3v) is 10.4. The van der Waals surface area contributed by atoms with E-state index in [1.807, 2.05) is 60.7 Å². The van der Waals surface area contributed by atoms with E-state index in [9.17, 15) is 18.0 Å². The van der Waals surface area contributed by atoms with Gasteiger partial charge in [0.25, 0.3) is 10.0 Å². The van der Waals surface area contributed by atoms with Gasteiger partial charge in [0.1, 0.15) is 12.6 Å². The van der Waals surface area contributed by atoms with Gasteiger partial charge in [-0.1, -0.05) is 121 Å². The van der Waals surface area contributed by atoms with Crippen molar-refractivity contribution >= 4 is 50.7 Å². The zero-order chi connectivity index (χ0) is 32.5. The number of nitrogens with zero attached hydrogens (tertiary/aromatic N) is 2. The lowest BCUT2D eigenvalue weighted by Gasteiger charge is -2.35. The minimum atomic E-state index is -4.25. The predicted molar refractivity (Wildman–Crippen MR) is 183 cm³/mol. The van der Waals surface area contributed by atoms with Crippen LogP contribution in [-0.4, -0.2) is 43.8 Å². The topological polar surface area (TPSA) is 86.8 Å². The third kappa shape index (κ3) is 8.69. The Bertz CT molecular complexity index is 1700. The first-order valence-electron chi connectivity index (χ1n) is 15.4. The molecule has 1 N–H and O–H groups in total. The van der Waals surface area contributed by atoms with E-state index in [2.05, 4.69) is 5.32 Å². The van der Waals surface area contributed by atoms with Crippen molar-refractivity contribution in [2.24, 2.45) is 0 Å². The molecule has 1 aliphatic carbocycles. The molecular formula is C36H37Cl2N3O4S. The SMILES string of the molecule is O=C(NC1CCCCC1)[C@H](Cc1ccccc1)N(Cc1ccccc1)C(=O)CN(c1cc(Cl)cc(Cl)c1)S(=O)(=O)c1ccccc1. The number of hydrogen-bond acceptors (Lipinski definition) is 4. The fraction of sp³-hybridized carbons (Fsp3) is 0.278. The van der Waals surface area contributed by atoms with Gasteiger partial charge in [0, 0.05) is 29.1 Å². The number of nitrogens with one attached hydrogen (secondary N) is 1. The Balaban J connectivity index is 1.56. The Morgan fingerprint density at radius 3 is 1.89 bits per heavy atom. The van der Waals surface area contributed by atoms with Gasteiger partial charge in [-0.15, -0.1) is 0 Å². The van der Waals surface area contributed by atoms with Gasteiger partial charge in [0.2, 0.25) is 11.8 Å². The molecule has 5 rings (SSSR count). The second-order valence-electron chi connectivity index (χ2n) is 11.5. The number of rotatable bonds is 12.